The molecule has 1 saturated heterocycles. The largest absolute Gasteiger partial charge is 0.459 e. The van der Waals surface area contributed by atoms with Crippen molar-refractivity contribution in [2.45, 2.75) is 44.6 Å². The molecule has 0 radical (unpaired) electrons. The van der Waals surface area contributed by atoms with E-state index >= 15 is 0 Å². The Morgan fingerprint density at radius 1 is 1.07 bits per heavy atom. The number of amides is 2. The smallest absolute Gasteiger partial charge is 0.289 e. The van der Waals surface area contributed by atoms with Gasteiger partial charge >= 0.3 is 0 Å². The van der Waals surface area contributed by atoms with Crippen LogP contribution in [0.25, 0.3) is 0 Å². The molecule has 0 spiro atoms. The van der Waals surface area contributed by atoms with Gasteiger partial charge in [-0.3, -0.25) is 9.59 Å². The molecule has 1 aliphatic carbocycles. The number of nitrogens with zero attached hydrogens (tertiary/aromatic N) is 1. The van der Waals surface area contributed by atoms with Gasteiger partial charge in [0, 0.05) is 19.0 Å². The highest BCUT2D eigenvalue weighted by molar-refractivity contribution is 5.91. The van der Waals surface area contributed by atoms with Crippen LogP contribution >= 0.6 is 0 Å². The highest BCUT2D eigenvalue weighted by atomic mass is 19.1. The fraction of sp³-hybridized carbons (Fsp3) is 0.478. The molecule has 1 aliphatic heterocycles. The van der Waals surface area contributed by atoms with Gasteiger partial charge in [0.2, 0.25) is 5.91 Å². The van der Waals surface area contributed by atoms with E-state index in [1.54, 1.807) is 23.1 Å². The second-order valence-electron chi connectivity index (χ2n) is 8.13. The van der Waals surface area contributed by atoms with Crippen molar-refractivity contribution in [3.63, 3.8) is 0 Å². The van der Waals surface area contributed by atoms with E-state index < -0.39 is 0 Å². The first kappa shape index (κ1) is 19.7. The average molecular weight is 398 g/mol. The van der Waals surface area contributed by atoms with E-state index in [1.165, 1.54) is 18.4 Å². The third kappa shape index (κ3) is 4.52. The minimum Gasteiger partial charge on any atom is -0.459 e. The Kier molecular flexibility index (Phi) is 5.97. The highest BCUT2D eigenvalue weighted by Crippen LogP contribution is 2.36. The first-order chi connectivity index (χ1) is 14.1. The van der Waals surface area contributed by atoms with Crippen LogP contribution in [-0.4, -0.2) is 29.8 Å². The molecule has 4 rings (SSSR count). The van der Waals surface area contributed by atoms with Crippen LogP contribution in [0, 0.1) is 17.7 Å². The normalized spacial score (nSPS) is 19.3. The zero-order chi connectivity index (χ0) is 20.2. The van der Waals surface area contributed by atoms with Crippen LogP contribution in [0.15, 0.2) is 47.1 Å². The van der Waals surface area contributed by atoms with E-state index in [0.29, 0.717) is 37.6 Å². The maximum atomic E-state index is 13.8. The molecule has 2 amide bonds. The third-order valence-electron chi connectivity index (χ3n) is 6.26. The maximum absolute atomic E-state index is 13.8. The molecule has 5 nitrogen and oxygen atoms in total. The number of likely N-dealkylation sites (tertiary alicyclic amines) is 1. The SMILES string of the molecule is O=C(NC(c1cccc(F)c1)C1CCCC1)C1CCN(C(=O)c2ccco2)CC1. The lowest BCUT2D eigenvalue weighted by molar-refractivity contribution is -0.127. The molecule has 1 atom stereocenters. The molecular formula is C23H27FN2O3. The van der Waals surface area contributed by atoms with Gasteiger partial charge in [-0.15, -0.1) is 0 Å². The lowest BCUT2D eigenvalue weighted by atomic mass is 9.89. The summed E-state index contributed by atoms with van der Waals surface area (Å²) >= 11 is 0. The summed E-state index contributed by atoms with van der Waals surface area (Å²) in [5, 5.41) is 3.22. The number of hydrogen-bond acceptors (Lipinski definition) is 3. The summed E-state index contributed by atoms with van der Waals surface area (Å²) in [4.78, 5) is 27.1. The van der Waals surface area contributed by atoms with Gasteiger partial charge in [0.05, 0.1) is 12.3 Å². The van der Waals surface area contributed by atoms with Gasteiger partial charge in [0.25, 0.3) is 5.91 Å². The fourth-order valence-electron chi connectivity index (χ4n) is 4.64. The third-order valence-corrected chi connectivity index (χ3v) is 6.26. The van der Waals surface area contributed by atoms with Gasteiger partial charge in [-0.05, 0) is 61.4 Å². The topological polar surface area (TPSA) is 62.6 Å². The standard InChI is InChI=1S/C23H27FN2O3/c24-19-8-3-7-18(15-19)21(16-5-1-2-6-16)25-22(27)17-10-12-26(13-11-17)23(28)20-9-4-14-29-20/h3-4,7-9,14-17,21H,1-2,5-6,10-13H2,(H,25,27). The highest BCUT2D eigenvalue weighted by Gasteiger charge is 2.33. The Morgan fingerprint density at radius 2 is 1.83 bits per heavy atom. The van der Waals surface area contributed by atoms with Crippen molar-refractivity contribution in [2.24, 2.45) is 11.8 Å². The van der Waals surface area contributed by atoms with Crippen molar-refractivity contribution in [3.05, 3.63) is 59.8 Å². The van der Waals surface area contributed by atoms with Crippen molar-refractivity contribution in [2.75, 3.05) is 13.1 Å². The van der Waals surface area contributed by atoms with Gasteiger partial charge in [-0.1, -0.05) is 25.0 Å². The summed E-state index contributed by atoms with van der Waals surface area (Å²) in [5.74, 6) is 0.160. The number of carbonyl (C=O) groups is 2. The Balaban J connectivity index is 1.39. The Morgan fingerprint density at radius 3 is 2.48 bits per heavy atom. The summed E-state index contributed by atoms with van der Waals surface area (Å²) < 4.78 is 19.0. The van der Waals surface area contributed by atoms with Crippen molar-refractivity contribution < 1.29 is 18.4 Å². The Hall–Kier alpha value is -2.63. The molecule has 154 valence electrons. The summed E-state index contributed by atoms with van der Waals surface area (Å²) in [6.07, 6.45) is 7.15. The molecular weight excluding hydrogens is 371 g/mol. The lowest BCUT2D eigenvalue weighted by Crippen LogP contribution is -2.44. The number of furan rings is 1. The summed E-state index contributed by atoms with van der Waals surface area (Å²) in [6.45, 7) is 1.07. The number of rotatable bonds is 5. The average Bonchev–Trinajstić information content (AvgIpc) is 3.45. The molecule has 1 unspecified atom stereocenters. The molecule has 6 heteroatoms. The van der Waals surface area contributed by atoms with Crippen LogP contribution in [-0.2, 0) is 4.79 Å². The number of nitrogens with one attached hydrogen (secondary N) is 1. The van der Waals surface area contributed by atoms with Crippen LogP contribution in [0.3, 0.4) is 0 Å². The fourth-order valence-corrected chi connectivity index (χ4v) is 4.64. The van der Waals surface area contributed by atoms with Crippen LogP contribution in [0.4, 0.5) is 4.39 Å². The number of halogens is 1. The van der Waals surface area contributed by atoms with Gasteiger partial charge < -0.3 is 14.6 Å². The second kappa shape index (κ2) is 8.80. The molecule has 1 saturated carbocycles. The number of carbonyl (C=O) groups excluding carboxylic acids is 2. The first-order valence-electron chi connectivity index (χ1n) is 10.5. The van der Waals surface area contributed by atoms with Crippen LogP contribution in [0.1, 0.15) is 60.7 Å². The minimum absolute atomic E-state index is 0.0104. The zero-order valence-corrected chi connectivity index (χ0v) is 16.5. The van der Waals surface area contributed by atoms with Crippen LogP contribution < -0.4 is 5.32 Å². The summed E-state index contributed by atoms with van der Waals surface area (Å²) in [5.41, 5.74) is 0.843. The molecule has 1 aromatic carbocycles. The molecule has 1 aromatic heterocycles. The Bertz CT molecular complexity index is 838. The van der Waals surface area contributed by atoms with Crippen molar-refractivity contribution in [3.8, 4) is 0 Å². The number of benzene rings is 1. The van der Waals surface area contributed by atoms with Gasteiger partial charge in [0.1, 0.15) is 5.82 Å². The monoisotopic (exact) mass is 398 g/mol. The molecule has 0 bridgehead atoms. The predicted molar refractivity (Wildman–Crippen MR) is 107 cm³/mol. The van der Waals surface area contributed by atoms with Gasteiger partial charge in [0.15, 0.2) is 5.76 Å². The molecule has 29 heavy (non-hydrogen) atoms. The number of hydrogen-bond donors (Lipinski definition) is 1. The van der Waals surface area contributed by atoms with E-state index in [2.05, 4.69) is 5.32 Å². The number of piperidine rings is 1. The molecule has 2 aliphatic rings. The molecule has 2 heterocycles. The van der Waals surface area contributed by atoms with E-state index in [9.17, 15) is 14.0 Å². The zero-order valence-electron chi connectivity index (χ0n) is 16.5. The Labute approximate surface area is 170 Å². The van der Waals surface area contributed by atoms with Gasteiger partial charge in [-0.2, -0.15) is 0 Å². The van der Waals surface area contributed by atoms with E-state index in [1.807, 2.05) is 6.07 Å². The quantitative estimate of drug-likeness (QED) is 0.816. The summed E-state index contributed by atoms with van der Waals surface area (Å²) in [6, 6.07) is 9.78. The van der Waals surface area contributed by atoms with Crippen molar-refractivity contribution in [1.82, 2.24) is 10.2 Å². The molecule has 2 aromatic rings. The minimum atomic E-state index is -0.274. The predicted octanol–water partition coefficient (Wildman–Crippen LogP) is 4.32. The maximum Gasteiger partial charge on any atom is 0.289 e. The first-order valence-corrected chi connectivity index (χ1v) is 10.5. The second-order valence-corrected chi connectivity index (χ2v) is 8.13. The van der Waals surface area contributed by atoms with E-state index in [0.717, 1.165) is 31.2 Å². The van der Waals surface area contributed by atoms with Crippen molar-refractivity contribution in [1.29, 1.82) is 0 Å². The molecule has 2 fully saturated rings. The van der Waals surface area contributed by atoms with Crippen molar-refractivity contribution >= 4 is 11.8 Å². The molecule has 1 N–H and O–H groups in total. The van der Waals surface area contributed by atoms with Crippen LogP contribution in [0.5, 0.6) is 0 Å². The summed E-state index contributed by atoms with van der Waals surface area (Å²) in [7, 11) is 0. The van der Waals surface area contributed by atoms with E-state index in [4.69, 9.17) is 4.42 Å². The van der Waals surface area contributed by atoms with Gasteiger partial charge in [-0.25, -0.2) is 4.39 Å². The van der Waals surface area contributed by atoms with Crippen LogP contribution in [0.2, 0.25) is 0 Å². The van der Waals surface area contributed by atoms with E-state index in [-0.39, 0.29) is 29.6 Å². The lowest BCUT2D eigenvalue weighted by Gasteiger charge is -2.33.